The average Bonchev–Trinajstić information content (AvgIpc) is 3.36. The van der Waals surface area contributed by atoms with Crippen molar-refractivity contribution in [1.82, 2.24) is 0 Å². The summed E-state index contributed by atoms with van der Waals surface area (Å²) in [5, 5.41) is 0. The summed E-state index contributed by atoms with van der Waals surface area (Å²) in [6.45, 7) is 14.2. The minimum Gasteiger partial charge on any atom is -0.311 e. The Hall–Kier alpha value is -4.82. The summed E-state index contributed by atoms with van der Waals surface area (Å²) in [7, 11) is 0. The van der Waals surface area contributed by atoms with Gasteiger partial charge in [-0.05, 0) is 78.4 Å². The number of para-hydroxylation sites is 1. The third kappa shape index (κ3) is 3.79. The highest BCUT2D eigenvalue weighted by molar-refractivity contribution is 6.98. The third-order valence-electron chi connectivity index (χ3n) is 11.0. The molecular weight excluding hydrogens is 565 g/mol. The normalized spacial score (nSPS) is 15.1. The fourth-order valence-electron chi connectivity index (χ4n) is 8.79. The maximum atomic E-state index is 2.61. The van der Waals surface area contributed by atoms with Gasteiger partial charge in [0.15, 0.2) is 0 Å². The molecule has 6 aromatic carbocycles. The highest BCUT2D eigenvalue weighted by Crippen LogP contribution is 2.63. The van der Waals surface area contributed by atoms with Crippen LogP contribution < -0.4 is 21.3 Å². The molecule has 0 amide bonds. The van der Waals surface area contributed by atoms with Crippen LogP contribution >= 0.6 is 0 Å². The van der Waals surface area contributed by atoms with Crippen LogP contribution in [0.2, 0.25) is 0 Å². The Morgan fingerprint density at radius 2 is 1.02 bits per heavy atom. The van der Waals surface area contributed by atoms with E-state index < -0.39 is 5.41 Å². The summed E-state index contributed by atoms with van der Waals surface area (Å²) in [5.41, 5.74) is 18.5. The smallest absolute Gasteiger partial charge is 0.246 e. The van der Waals surface area contributed by atoms with Crippen LogP contribution in [0.25, 0.3) is 11.1 Å². The first-order valence-electron chi connectivity index (χ1n) is 17.1. The summed E-state index contributed by atoms with van der Waals surface area (Å²) in [6.07, 6.45) is 0. The molecule has 1 aliphatic carbocycles. The molecule has 1 nitrogen and oxygen atoms in total. The van der Waals surface area contributed by atoms with Gasteiger partial charge >= 0.3 is 0 Å². The number of benzene rings is 6. The van der Waals surface area contributed by atoms with Crippen molar-refractivity contribution in [1.29, 1.82) is 0 Å². The van der Waals surface area contributed by atoms with Crippen molar-refractivity contribution in [3.8, 4) is 11.1 Å². The molecular formula is C45H40BN. The lowest BCUT2D eigenvalue weighted by atomic mass is 9.34. The molecule has 2 heterocycles. The summed E-state index contributed by atoms with van der Waals surface area (Å²) >= 11 is 0. The van der Waals surface area contributed by atoms with Gasteiger partial charge in [0.05, 0.1) is 11.1 Å². The van der Waals surface area contributed by atoms with E-state index in [1.165, 1.54) is 78.0 Å². The predicted octanol–water partition coefficient (Wildman–Crippen LogP) is 9.26. The lowest BCUT2D eigenvalue weighted by Gasteiger charge is -2.49. The number of hydrogen-bond donors (Lipinski definition) is 0. The summed E-state index contributed by atoms with van der Waals surface area (Å²) < 4.78 is 0. The van der Waals surface area contributed by atoms with Crippen molar-refractivity contribution in [2.45, 2.75) is 57.8 Å². The van der Waals surface area contributed by atoms with Crippen molar-refractivity contribution in [2.75, 3.05) is 4.90 Å². The van der Waals surface area contributed by atoms with E-state index in [0.717, 1.165) is 0 Å². The van der Waals surface area contributed by atoms with Crippen LogP contribution in [0, 0.1) is 0 Å². The Morgan fingerprint density at radius 1 is 0.468 bits per heavy atom. The molecule has 0 atom stereocenters. The van der Waals surface area contributed by atoms with Gasteiger partial charge in [0, 0.05) is 11.4 Å². The maximum absolute atomic E-state index is 2.61. The van der Waals surface area contributed by atoms with Gasteiger partial charge in [0.25, 0.3) is 0 Å². The number of hydrogen-bond acceptors (Lipinski definition) is 1. The SMILES string of the molecule is CC(C)(C)c1ccc2c(c1)B(c1ccccc1)c1cc(C(C)(C)C)cc3c1N2c1ccccc1C31c2ccccc2-c2ccccc21. The molecule has 0 aromatic heterocycles. The Balaban J connectivity index is 1.50. The first-order chi connectivity index (χ1) is 22.6. The van der Waals surface area contributed by atoms with E-state index in [4.69, 9.17) is 0 Å². The Kier molecular flexibility index (Phi) is 5.81. The van der Waals surface area contributed by atoms with Crippen LogP contribution in [0.1, 0.15) is 74.9 Å². The van der Waals surface area contributed by atoms with Gasteiger partial charge in [-0.3, -0.25) is 0 Å². The highest BCUT2D eigenvalue weighted by atomic mass is 15.2. The number of fused-ring (bicyclic) bond motifs is 11. The van der Waals surface area contributed by atoms with E-state index >= 15 is 0 Å². The molecule has 9 rings (SSSR count). The minimum atomic E-state index is -0.435. The molecule has 0 unspecified atom stereocenters. The molecule has 2 heteroatoms. The van der Waals surface area contributed by atoms with Crippen molar-refractivity contribution in [2.24, 2.45) is 0 Å². The first-order valence-corrected chi connectivity index (χ1v) is 17.1. The van der Waals surface area contributed by atoms with Crippen LogP contribution in [-0.2, 0) is 16.2 Å². The molecule has 6 aromatic rings. The van der Waals surface area contributed by atoms with Crippen LogP contribution in [0.3, 0.4) is 0 Å². The molecule has 3 aliphatic rings. The number of rotatable bonds is 1. The molecule has 47 heavy (non-hydrogen) atoms. The van der Waals surface area contributed by atoms with E-state index in [9.17, 15) is 0 Å². The molecule has 1 spiro atoms. The van der Waals surface area contributed by atoms with E-state index in [-0.39, 0.29) is 17.5 Å². The largest absolute Gasteiger partial charge is 0.311 e. The molecule has 228 valence electrons. The van der Waals surface area contributed by atoms with Crippen molar-refractivity contribution in [3.63, 3.8) is 0 Å². The summed E-state index contributed by atoms with van der Waals surface area (Å²) in [6, 6.07) is 51.1. The van der Waals surface area contributed by atoms with Crippen molar-refractivity contribution in [3.05, 3.63) is 167 Å². The molecule has 0 saturated heterocycles. The Morgan fingerprint density at radius 3 is 1.66 bits per heavy atom. The van der Waals surface area contributed by atoms with Gasteiger partial charge in [0.1, 0.15) is 0 Å². The lowest BCUT2D eigenvalue weighted by molar-refractivity contribution is 0.587. The maximum Gasteiger partial charge on any atom is 0.246 e. The molecule has 0 N–H and O–H groups in total. The van der Waals surface area contributed by atoms with Crippen molar-refractivity contribution >= 4 is 40.2 Å². The average molecular weight is 606 g/mol. The molecule has 0 radical (unpaired) electrons. The quantitative estimate of drug-likeness (QED) is 0.169. The van der Waals surface area contributed by atoms with Gasteiger partial charge in [-0.2, -0.15) is 0 Å². The lowest BCUT2D eigenvalue weighted by Crippen LogP contribution is -2.59. The second-order valence-corrected chi connectivity index (χ2v) is 15.8. The van der Waals surface area contributed by atoms with Gasteiger partial charge in [-0.15, -0.1) is 0 Å². The second-order valence-electron chi connectivity index (χ2n) is 15.8. The van der Waals surface area contributed by atoms with Gasteiger partial charge in [-0.25, -0.2) is 0 Å². The Labute approximate surface area is 280 Å². The molecule has 2 aliphatic heterocycles. The predicted molar refractivity (Wildman–Crippen MR) is 200 cm³/mol. The second kappa shape index (κ2) is 9.61. The minimum absolute atomic E-state index is 0.0378. The summed E-state index contributed by atoms with van der Waals surface area (Å²) in [4.78, 5) is 2.61. The highest BCUT2D eigenvalue weighted by Gasteiger charge is 2.54. The van der Waals surface area contributed by atoms with Crippen LogP contribution in [0.4, 0.5) is 17.1 Å². The topological polar surface area (TPSA) is 3.24 Å². The number of nitrogens with zero attached hydrogens (tertiary/aromatic N) is 1. The van der Waals surface area contributed by atoms with Gasteiger partial charge in [0.2, 0.25) is 6.71 Å². The zero-order valence-electron chi connectivity index (χ0n) is 28.2. The van der Waals surface area contributed by atoms with E-state index in [0.29, 0.717) is 0 Å². The van der Waals surface area contributed by atoms with E-state index in [2.05, 4.69) is 180 Å². The molecule has 0 bridgehead atoms. The standard InChI is InChI=1S/C45H40BN/c1-43(2,3)29-24-25-41-38(27-29)46(31-16-8-7-9-17-31)39-28-30(44(4,5)6)26-37-42(39)47(41)40-23-15-14-22-36(40)45(37)34-20-12-10-18-32(34)33-19-11-13-21-35(33)45/h7-28H,1-6H3. The monoisotopic (exact) mass is 605 g/mol. The van der Waals surface area contributed by atoms with Crippen LogP contribution in [-0.4, -0.2) is 6.71 Å². The van der Waals surface area contributed by atoms with Crippen LogP contribution in [0.5, 0.6) is 0 Å². The van der Waals surface area contributed by atoms with Gasteiger partial charge < -0.3 is 4.90 Å². The zero-order valence-corrected chi connectivity index (χ0v) is 28.2. The zero-order chi connectivity index (χ0) is 32.3. The third-order valence-corrected chi connectivity index (χ3v) is 11.0. The van der Waals surface area contributed by atoms with Crippen molar-refractivity contribution < 1.29 is 0 Å². The summed E-state index contributed by atoms with van der Waals surface area (Å²) in [5.74, 6) is 0. The molecule has 0 saturated carbocycles. The fraction of sp³-hybridized carbons (Fsp3) is 0.200. The van der Waals surface area contributed by atoms with Crippen LogP contribution in [0.15, 0.2) is 133 Å². The number of anilines is 3. The van der Waals surface area contributed by atoms with Gasteiger partial charge in [-0.1, -0.05) is 168 Å². The fourth-order valence-corrected chi connectivity index (χ4v) is 8.79. The van der Waals surface area contributed by atoms with E-state index in [1.807, 2.05) is 0 Å². The van der Waals surface area contributed by atoms with E-state index in [1.54, 1.807) is 0 Å². The Bertz CT molecular complexity index is 2180. The first kappa shape index (κ1) is 28.4. The molecule has 0 fully saturated rings.